The Kier molecular flexibility index (Phi) is 6.27. The van der Waals surface area contributed by atoms with E-state index in [1.165, 1.54) is 18.1 Å². The molecule has 0 radical (unpaired) electrons. The molecule has 1 aromatic heterocycles. The first-order chi connectivity index (χ1) is 17.4. The van der Waals surface area contributed by atoms with Gasteiger partial charge in [-0.2, -0.15) is 0 Å². The van der Waals surface area contributed by atoms with Gasteiger partial charge in [0.2, 0.25) is 0 Å². The summed E-state index contributed by atoms with van der Waals surface area (Å²) in [6, 6.07) is 10.5. The van der Waals surface area contributed by atoms with Gasteiger partial charge >= 0.3 is 0 Å². The lowest BCUT2D eigenvalue weighted by molar-refractivity contribution is -0.140. The van der Waals surface area contributed by atoms with E-state index in [0.29, 0.717) is 45.9 Å². The monoisotopic (exact) mass is 552 g/mol. The molecule has 0 spiro atoms. The fourth-order valence-corrected chi connectivity index (χ4v) is 4.79. The number of carbonyl (C=O) groups is 2. The van der Waals surface area contributed by atoms with Gasteiger partial charge in [0.25, 0.3) is 11.7 Å². The molecule has 10 heteroatoms. The Morgan fingerprint density at radius 2 is 1.94 bits per heavy atom. The van der Waals surface area contributed by atoms with Gasteiger partial charge in [-0.25, -0.2) is 0 Å². The predicted molar refractivity (Wildman–Crippen MR) is 132 cm³/mol. The number of hydrogen-bond acceptors (Lipinski definition) is 8. The minimum Gasteiger partial charge on any atom is -0.507 e. The second-order valence-corrected chi connectivity index (χ2v) is 9.05. The first-order valence-corrected chi connectivity index (χ1v) is 11.8. The van der Waals surface area contributed by atoms with E-state index in [-0.39, 0.29) is 29.4 Å². The van der Waals surface area contributed by atoms with Crippen molar-refractivity contribution in [2.45, 2.75) is 12.6 Å². The van der Waals surface area contributed by atoms with Crippen LogP contribution in [0.15, 0.2) is 64.9 Å². The topological polar surface area (TPSA) is 118 Å². The van der Waals surface area contributed by atoms with Gasteiger partial charge in [-0.15, -0.1) is 0 Å². The molecule has 2 N–H and O–H groups in total. The van der Waals surface area contributed by atoms with E-state index < -0.39 is 17.7 Å². The van der Waals surface area contributed by atoms with Crippen molar-refractivity contribution in [2.75, 3.05) is 20.3 Å². The van der Waals surface area contributed by atoms with E-state index in [1.807, 2.05) is 0 Å². The smallest absolute Gasteiger partial charge is 0.295 e. The summed E-state index contributed by atoms with van der Waals surface area (Å²) in [6.45, 7) is 0.838. The standard InChI is InChI=1S/C26H21BrN2O7/c1-34-20-11-16(9-17(27)24(20)31)22-21(23(30)15-4-5-18-19(10-15)36-8-7-35-18)25(32)26(33)29(22)13-14-3-2-6-28-12-14/h2-6,9-12,22,30-31H,7-8,13H2,1H3/b23-21+/t22-/m0/s1. The van der Waals surface area contributed by atoms with E-state index in [9.17, 15) is 19.8 Å². The quantitative estimate of drug-likeness (QED) is 0.277. The molecule has 2 aliphatic heterocycles. The molecule has 1 fully saturated rings. The van der Waals surface area contributed by atoms with Crippen LogP contribution in [-0.4, -0.2) is 52.1 Å². The number of aliphatic hydroxyl groups excluding tert-OH is 1. The summed E-state index contributed by atoms with van der Waals surface area (Å²) >= 11 is 3.31. The van der Waals surface area contributed by atoms with Crippen LogP contribution in [0.1, 0.15) is 22.7 Å². The number of ketones is 1. The normalized spacial score (nSPS) is 18.4. The summed E-state index contributed by atoms with van der Waals surface area (Å²) < 4.78 is 16.8. The maximum absolute atomic E-state index is 13.3. The molecule has 2 aromatic carbocycles. The van der Waals surface area contributed by atoms with Crippen molar-refractivity contribution in [1.29, 1.82) is 0 Å². The number of carbonyl (C=O) groups excluding carboxylic acids is 2. The van der Waals surface area contributed by atoms with Crippen molar-refractivity contribution < 1.29 is 34.0 Å². The number of aromatic hydroxyl groups is 1. The number of methoxy groups -OCH3 is 1. The number of pyridine rings is 1. The van der Waals surface area contributed by atoms with E-state index in [4.69, 9.17) is 14.2 Å². The zero-order valence-electron chi connectivity index (χ0n) is 19.1. The van der Waals surface area contributed by atoms with Crippen molar-refractivity contribution in [3.63, 3.8) is 0 Å². The van der Waals surface area contributed by atoms with E-state index >= 15 is 0 Å². The molecule has 0 saturated carbocycles. The van der Waals surface area contributed by atoms with Crippen LogP contribution in [-0.2, 0) is 16.1 Å². The first-order valence-electron chi connectivity index (χ1n) is 11.0. The highest BCUT2D eigenvalue weighted by molar-refractivity contribution is 9.10. The maximum atomic E-state index is 13.3. The molecule has 3 heterocycles. The molecule has 2 aliphatic rings. The van der Waals surface area contributed by atoms with Crippen molar-refractivity contribution in [1.82, 2.24) is 9.88 Å². The molecule has 0 bridgehead atoms. The van der Waals surface area contributed by atoms with Crippen molar-refractivity contribution >= 4 is 33.4 Å². The maximum Gasteiger partial charge on any atom is 0.295 e. The third-order valence-corrected chi connectivity index (χ3v) is 6.62. The number of amides is 1. The highest BCUT2D eigenvalue weighted by Crippen LogP contribution is 2.45. The van der Waals surface area contributed by atoms with Gasteiger partial charge < -0.3 is 29.3 Å². The van der Waals surface area contributed by atoms with Crippen molar-refractivity contribution in [3.05, 3.63) is 81.6 Å². The number of phenols is 1. The molecule has 1 atom stereocenters. The summed E-state index contributed by atoms with van der Waals surface area (Å²) in [6.07, 6.45) is 3.21. The number of fused-ring (bicyclic) bond motifs is 1. The summed E-state index contributed by atoms with van der Waals surface area (Å²) in [7, 11) is 1.40. The number of nitrogens with zero attached hydrogens (tertiary/aromatic N) is 2. The fraction of sp³-hybridized carbons (Fsp3) is 0.192. The number of phenolic OH excluding ortho intramolecular Hbond substituents is 1. The Labute approximate surface area is 214 Å². The van der Waals surface area contributed by atoms with Gasteiger partial charge in [0.1, 0.15) is 19.0 Å². The van der Waals surface area contributed by atoms with Crippen LogP contribution < -0.4 is 14.2 Å². The lowest BCUT2D eigenvalue weighted by Crippen LogP contribution is -2.29. The summed E-state index contributed by atoms with van der Waals surface area (Å²) in [4.78, 5) is 32.0. The number of likely N-dealkylation sites (tertiary alicyclic amines) is 1. The summed E-state index contributed by atoms with van der Waals surface area (Å²) in [5.74, 6) is -0.986. The van der Waals surface area contributed by atoms with Gasteiger partial charge in [0.05, 0.1) is 23.2 Å². The molecule has 9 nitrogen and oxygen atoms in total. The van der Waals surface area contributed by atoms with Crippen LogP contribution in [0.3, 0.4) is 0 Å². The van der Waals surface area contributed by atoms with Crippen LogP contribution in [0, 0.1) is 0 Å². The number of ether oxygens (including phenoxy) is 3. The van der Waals surface area contributed by atoms with E-state index in [2.05, 4.69) is 20.9 Å². The SMILES string of the molecule is COc1cc([C@H]2/C(=C(\O)c3ccc4c(c3)OCCO4)C(=O)C(=O)N2Cc2cccnc2)cc(Br)c1O. The van der Waals surface area contributed by atoms with Gasteiger partial charge in [-0.3, -0.25) is 14.6 Å². The van der Waals surface area contributed by atoms with Crippen LogP contribution >= 0.6 is 15.9 Å². The van der Waals surface area contributed by atoms with Gasteiger partial charge in [0, 0.05) is 24.5 Å². The number of aromatic nitrogens is 1. The number of aliphatic hydroxyl groups is 1. The zero-order valence-corrected chi connectivity index (χ0v) is 20.7. The molecular formula is C26H21BrN2O7. The Hall–Kier alpha value is -4.05. The second kappa shape index (κ2) is 9.54. The predicted octanol–water partition coefficient (Wildman–Crippen LogP) is 3.95. The van der Waals surface area contributed by atoms with Gasteiger partial charge in [0.15, 0.2) is 23.0 Å². The van der Waals surface area contributed by atoms with Crippen LogP contribution in [0.5, 0.6) is 23.0 Å². The average molecular weight is 553 g/mol. The minimum atomic E-state index is -0.968. The molecule has 36 heavy (non-hydrogen) atoms. The largest absolute Gasteiger partial charge is 0.507 e. The highest BCUT2D eigenvalue weighted by Gasteiger charge is 2.46. The van der Waals surface area contributed by atoms with Gasteiger partial charge in [-0.1, -0.05) is 6.07 Å². The lowest BCUT2D eigenvalue weighted by Gasteiger charge is -2.26. The number of halogens is 1. The Morgan fingerprint density at radius 1 is 1.17 bits per heavy atom. The Bertz CT molecular complexity index is 1390. The Morgan fingerprint density at radius 3 is 2.67 bits per heavy atom. The molecule has 1 amide bonds. The van der Waals surface area contributed by atoms with Crippen LogP contribution in [0.2, 0.25) is 0 Å². The fourth-order valence-electron chi connectivity index (χ4n) is 4.33. The third kappa shape index (κ3) is 4.13. The number of rotatable bonds is 5. The zero-order chi connectivity index (χ0) is 25.4. The second-order valence-electron chi connectivity index (χ2n) is 8.20. The molecule has 184 valence electrons. The Balaban J connectivity index is 1.68. The molecule has 0 aliphatic carbocycles. The lowest BCUT2D eigenvalue weighted by atomic mass is 9.94. The van der Waals surface area contributed by atoms with Crippen molar-refractivity contribution in [3.8, 4) is 23.0 Å². The molecule has 0 unspecified atom stereocenters. The number of benzene rings is 2. The molecule has 1 saturated heterocycles. The third-order valence-electron chi connectivity index (χ3n) is 6.02. The van der Waals surface area contributed by atoms with Crippen LogP contribution in [0.25, 0.3) is 5.76 Å². The van der Waals surface area contributed by atoms with E-state index in [0.717, 1.165) is 0 Å². The van der Waals surface area contributed by atoms with Gasteiger partial charge in [-0.05, 0) is 63.5 Å². The summed E-state index contributed by atoms with van der Waals surface area (Å²) in [5, 5.41) is 21.7. The minimum absolute atomic E-state index is 0.0712. The molecular weight excluding hydrogens is 532 g/mol. The summed E-state index contributed by atoms with van der Waals surface area (Å²) in [5.41, 5.74) is 1.36. The average Bonchev–Trinajstić information content (AvgIpc) is 3.15. The molecule has 3 aromatic rings. The van der Waals surface area contributed by atoms with E-state index in [1.54, 1.807) is 48.8 Å². The first kappa shape index (κ1) is 23.7. The number of Topliss-reactive ketones (excluding diaryl/α,β-unsaturated/α-hetero) is 1. The molecule has 5 rings (SSSR count). The van der Waals surface area contributed by atoms with Crippen LogP contribution in [0.4, 0.5) is 0 Å². The number of hydrogen-bond donors (Lipinski definition) is 2. The van der Waals surface area contributed by atoms with Crippen molar-refractivity contribution in [2.24, 2.45) is 0 Å². The highest BCUT2D eigenvalue weighted by atomic mass is 79.9.